The van der Waals surface area contributed by atoms with Gasteiger partial charge < -0.3 is 14.1 Å². The Kier molecular flexibility index (Phi) is 4.92. The van der Waals surface area contributed by atoms with Crippen LogP contribution in [0.1, 0.15) is 61.6 Å². The summed E-state index contributed by atoms with van der Waals surface area (Å²) in [7, 11) is 0. The Labute approximate surface area is 177 Å². The number of carbonyl (C=O) groups is 2. The van der Waals surface area contributed by atoms with Gasteiger partial charge in [0, 0.05) is 11.1 Å². The van der Waals surface area contributed by atoms with Crippen molar-refractivity contribution in [1.29, 1.82) is 0 Å². The van der Waals surface area contributed by atoms with Crippen LogP contribution in [0.4, 0.5) is 0 Å². The summed E-state index contributed by atoms with van der Waals surface area (Å²) < 4.78 is 11.5. The fraction of sp³-hybridized carbons (Fsp3) is 0.520. The minimum absolute atomic E-state index is 0.00146. The largest absolute Gasteiger partial charge is 0.484 e. The van der Waals surface area contributed by atoms with Gasteiger partial charge in [0.25, 0.3) is 5.91 Å². The molecule has 0 aliphatic heterocycles. The van der Waals surface area contributed by atoms with Gasteiger partial charge in [0.15, 0.2) is 12.4 Å². The summed E-state index contributed by atoms with van der Waals surface area (Å²) in [5.74, 6) is 3.60. The van der Waals surface area contributed by atoms with Crippen LogP contribution in [-0.4, -0.2) is 28.7 Å². The van der Waals surface area contributed by atoms with Crippen molar-refractivity contribution >= 4 is 11.7 Å². The molecule has 4 aliphatic rings. The van der Waals surface area contributed by atoms with E-state index in [1.807, 2.05) is 12.1 Å². The second-order valence-electron chi connectivity index (χ2n) is 9.57. The molecule has 30 heavy (non-hydrogen) atoms. The highest BCUT2D eigenvalue weighted by molar-refractivity contribution is 5.94. The van der Waals surface area contributed by atoms with Gasteiger partial charge in [0.2, 0.25) is 0 Å². The van der Waals surface area contributed by atoms with Gasteiger partial charge in [-0.25, -0.2) is 0 Å². The van der Waals surface area contributed by atoms with Gasteiger partial charge in [0.1, 0.15) is 11.5 Å². The van der Waals surface area contributed by atoms with E-state index in [0.29, 0.717) is 17.9 Å². The fourth-order valence-corrected chi connectivity index (χ4v) is 6.50. The molecule has 4 fully saturated rings. The number of ether oxygens (including phenoxy) is 1. The molecule has 1 aromatic heterocycles. The number of ketones is 1. The number of nitrogens with zero attached hydrogens (tertiary/aromatic N) is 1. The first kappa shape index (κ1) is 19.4. The molecule has 0 N–H and O–H groups in total. The Balaban J connectivity index is 1.36. The third-order valence-corrected chi connectivity index (χ3v) is 7.38. The van der Waals surface area contributed by atoms with Crippen molar-refractivity contribution in [3.05, 3.63) is 54.0 Å². The number of amides is 1. The van der Waals surface area contributed by atoms with Gasteiger partial charge in [0.05, 0.1) is 12.8 Å². The van der Waals surface area contributed by atoms with Crippen molar-refractivity contribution in [2.45, 2.75) is 57.5 Å². The van der Waals surface area contributed by atoms with Gasteiger partial charge in [-0.1, -0.05) is 12.1 Å². The molecule has 2 aromatic rings. The van der Waals surface area contributed by atoms with Crippen LogP contribution in [0.15, 0.2) is 47.1 Å². The Morgan fingerprint density at radius 1 is 1.07 bits per heavy atom. The van der Waals surface area contributed by atoms with Crippen LogP contribution in [0.2, 0.25) is 0 Å². The molecule has 5 nitrogen and oxygen atoms in total. The number of benzene rings is 1. The normalized spacial score (nSPS) is 29.0. The molecule has 5 heteroatoms. The lowest BCUT2D eigenvalue weighted by molar-refractivity contribution is -0.155. The van der Waals surface area contributed by atoms with Crippen molar-refractivity contribution in [2.24, 2.45) is 17.8 Å². The lowest BCUT2D eigenvalue weighted by atomic mass is 9.52. The molecule has 1 heterocycles. The first-order valence-corrected chi connectivity index (χ1v) is 11.1. The predicted octanol–water partition coefficient (Wildman–Crippen LogP) is 4.86. The standard InChI is InChI=1S/C25H29NO4/c1-17(27)21-4-2-5-22(11-21)30-16-24(28)26(15-23-6-3-7-29-23)25-12-18-8-19(13-25)10-20(9-18)14-25/h2-7,11,18-20H,8-10,12-16H2,1H3. The molecule has 1 aromatic carbocycles. The quantitative estimate of drug-likeness (QED) is 0.615. The van der Waals surface area contributed by atoms with E-state index in [2.05, 4.69) is 4.90 Å². The number of rotatable bonds is 7. The number of furan rings is 1. The Hall–Kier alpha value is -2.56. The summed E-state index contributed by atoms with van der Waals surface area (Å²) in [6.45, 7) is 2.00. The molecule has 0 saturated heterocycles. The van der Waals surface area contributed by atoms with Crippen molar-refractivity contribution in [1.82, 2.24) is 4.90 Å². The van der Waals surface area contributed by atoms with Crippen LogP contribution in [0.5, 0.6) is 5.75 Å². The summed E-state index contributed by atoms with van der Waals surface area (Å²) in [6, 6.07) is 10.9. The summed E-state index contributed by atoms with van der Waals surface area (Å²) >= 11 is 0. The van der Waals surface area contributed by atoms with Gasteiger partial charge in [-0.05, 0) is 87.5 Å². The van der Waals surface area contributed by atoms with Gasteiger partial charge in [-0.2, -0.15) is 0 Å². The highest BCUT2D eigenvalue weighted by Gasteiger charge is 2.54. The molecule has 4 bridgehead atoms. The summed E-state index contributed by atoms with van der Waals surface area (Å²) in [6.07, 6.45) is 8.96. The number of carbonyl (C=O) groups excluding carboxylic acids is 2. The average molecular weight is 408 g/mol. The maximum atomic E-state index is 13.5. The molecule has 4 saturated carbocycles. The number of Topliss-reactive ketones (excluding diaryl/α,β-unsaturated/α-hetero) is 1. The number of hydrogen-bond donors (Lipinski definition) is 0. The smallest absolute Gasteiger partial charge is 0.261 e. The maximum Gasteiger partial charge on any atom is 0.261 e. The summed E-state index contributed by atoms with van der Waals surface area (Å²) in [4.78, 5) is 27.2. The zero-order valence-corrected chi connectivity index (χ0v) is 17.5. The molecule has 0 radical (unpaired) electrons. The Bertz CT molecular complexity index is 897. The SMILES string of the molecule is CC(=O)c1cccc(OCC(=O)N(Cc2ccco2)C23CC4CC(CC(C4)C2)C3)c1. The molecule has 158 valence electrons. The molecule has 0 atom stereocenters. The monoisotopic (exact) mass is 407 g/mol. The fourth-order valence-electron chi connectivity index (χ4n) is 6.50. The van der Waals surface area contributed by atoms with Gasteiger partial charge >= 0.3 is 0 Å². The highest BCUT2D eigenvalue weighted by Crippen LogP contribution is 2.58. The van der Waals surface area contributed by atoms with E-state index in [0.717, 1.165) is 42.8 Å². The highest BCUT2D eigenvalue weighted by atomic mass is 16.5. The van der Waals surface area contributed by atoms with Crippen LogP contribution in [-0.2, 0) is 11.3 Å². The molecular weight excluding hydrogens is 378 g/mol. The average Bonchev–Trinajstić information content (AvgIpc) is 3.23. The molecular formula is C25H29NO4. The lowest BCUT2D eigenvalue weighted by Crippen LogP contribution is -2.61. The second-order valence-corrected chi connectivity index (χ2v) is 9.57. The molecule has 0 unspecified atom stereocenters. The van der Waals surface area contributed by atoms with Gasteiger partial charge in [-0.3, -0.25) is 9.59 Å². The third kappa shape index (κ3) is 3.66. The van der Waals surface area contributed by atoms with Crippen LogP contribution < -0.4 is 4.74 Å². The van der Waals surface area contributed by atoms with Gasteiger partial charge in [-0.15, -0.1) is 0 Å². The second kappa shape index (κ2) is 7.60. The van der Waals surface area contributed by atoms with Crippen LogP contribution in [0.3, 0.4) is 0 Å². The van der Waals surface area contributed by atoms with E-state index < -0.39 is 0 Å². The lowest BCUT2D eigenvalue weighted by Gasteiger charge is -2.60. The zero-order chi connectivity index (χ0) is 20.7. The zero-order valence-electron chi connectivity index (χ0n) is 17.5. The molecule has 4 aliphatic carbocycles. The van der Waals surface area contributed by atoms with Crippen LogP contribution >= 0.6 is 0 Å². The van der Waals surface area contributed by atoms with E-state index in [1.165, 1.54) is 26.2 Å². The van der Waals surface area contributed by atoms with E-state index in [9.17, 15) is 9.59 Å². The first-order valence-electron chi connectivity index (χ1n) is 11.1. The minimum Gasteiger partial charge on any atom is -0.484 e. The van der Waals surface area contributed by atoms with E-state index >= 15 is 0 Å². The Morgan fingerprint density at radius 3 is 2.37 bits per heavy atom. The minimum atomic E-state index is -0.0663. The molecule has 1 amide bonds. The summed E-state index contributed by atoms with van der Waals surface area (Å²) in [5.41, 5.74) is 0.525. The predicted molar refractivity (Wildman–Crippen MR) is 112 cm³/mol. The third-order valence-electron chi connectivity index (χ3n) is 7.38. The summed E-state index contributed by atoms with van der Waals surface area (Å²) in [5, 5.41) is 0. The van der Waals surface area contributed by atoms with Crippen molar-refractivity contribution in [3.8, 4) is 5.75 Å². The van der Waals surface area contributed by atoms with E-state index in [1.54, 1.807) is 30.5 Å². The first-order chi connectivity index (χ1) is 14.5. The maximum absolute atomic E-state index is 13.5. The van der Waals surface area contributed by atoms with Crippen LogP contribution in [0, 0.1) is 17.8 Å². The Morgan fingerprint density at radius 2 is 1.77 bits per heavy atom. The molecule has 6 rings (SSSR count). The van der Waals surface area contributed by atoms with Crippen molar-refractivity contribution in [3.63, 3.8) is 0 Å². The van der Waals surface area contributed by atoms with E-state index in [-0.39, 0.29) is 23.8 Å². The number of hydrogen-bond acceptors (Lipinski definition) is 4. The van der Waals surface area contributed by atoms with Crippen molar-refractivity contribution < 1.29 is 18.7 Å². The molecule has 0 spiro atoms. The van der Waals surface area contributed by atoms with E-state index in [4.69, 9.17) is 9.15 Å². The van der Waals surface area contributed by atoms with Crippen molar-refractivity contribution in [2.75, 3.05) is 6.61 Å². The van der Waals surface area contributed by atoms with Crippen LogP contribution in [0.25, 0.3) is 0 Å². The topological polar surface area (TPSA) is 59.8 Å².